The maximum atomic E-state index is 11.0. The molecule has 1 rings (SSSR count). The van der Waals surface area contributed by atoms with Crippen molar-refractivity contribution >= 4 is 5.91 Å². The number of phenols is 2. The Morgan fingerprint density at radius 1 is 1.29 bits per heavy atom. The fourth-order valence-corrected chi connectivity index (χ4v) is 1.62. The number of likely N-dealkylation sites (N-methyl/N-ethyl adjacent to an activating group) is 1. The highest BCUT2D eigenvalue weighted by Crippen LogP contribution is 2.25. The van der Waals surface area contributed by atoms with Gasteiger partial charge in [-0.2, -0.15) is 0 Å². The van der Waals surface area contributed by atoms with Crippen LogP contribution in [-0.2, 0) is 11.2 Å². The van der Waals surface area contributed by atoms with Crippen LogP contribution in [0.4, 0.5) is 0 Å². The first-order valence-electron chi connectivity index (χ1n) is 5.43. The van der Waals surface area contributed by atoms with E-state index in [1.165, 1.54) is 19.1 Å². The number of hydrogen-bond donors (Lipinski definition) is 3. The Hall–Kier alpha value is -1.75. The molecular formula is C12H19N2O3+. The van der Waals surface area contributed by atoms with Gasteiger partial charge in [0.15, 0.2) is 11.5 Å². The summed E-state index contributed by atoms with van der Waals surface area (Å²) in [6.07, 6.45) is 0.696. The molecule has 0 aliphatic carbocycles. The minimum absolute atomic E-state index is 0.0800. The van der Waals surface area contributed by atoms with Crippen LogP contribution in [0.25, 0.3) is 0 Å². The van der Waals surface area contributed by atoms with E-state index in [-0.39, 0.29) is 17.4 Å². The number of nitrogens with zero attached hydrogens (tertiary/aromatic N) is 1. The molecule has 0 spiro atoms. The number of carbonyl (C=O) groups excluding carboxylic acids is 1. The Morgan fingerprint density at radius 3 is 2.47 bits per heavy atom. The Kier molecular flexibility index (Phi) is 3.96. The highest BCUT2D eigenvalue weighted by molar-refractivity contribution is 5.71. The first-order valence-corrected chi connectivity index (χ1v) is 5.43. The molecule has 0 unspecified atom stereocenters. The predicted octanol–water partition coefficient (Wildman–Crippen LogP) is 0.768. The first kappa shape index (κ1) is 13.3. The molecule has 3 N–H and O–H groups in total. The lowest BCUT2D eigenvalue weighted by molar-refractivity contribution is -0.924. The van der Waals surface area contributed by atoms with Crippen molar-refractivity contribution in [1.29, 1.82) is 0 Å². The Labute approximate surface area is 101 Å². The zero-order valence-corrected chi connectivity index (χ0v) is 10.4. The molecule has 0 saturated carbocycles. The molecule has 1 amide bonds. The maximum absolute atomic E-state index is 11.0. The van der Waals surface area contributed by atoms with E-state index in [9.17, 15) is 15.0 Å². The quantitative estimate of drug-likeness (QED) is 0.413. The second-order valence-corrected chi connectivity index (χ2v) is 4.65. The second-order valence-electron chi connectivity index (χ2n) is 4.65. The van der Waals surface area contributed by atoms with E-state index in [1.807, 2.05) is 14.1 Å². The average Bonchev–Trinajstić information content (AvgIpc) is 2.18. The van der Waals surface area contributed by atoms with Crippen molar-refractivity contribution in [3.05, 3.63) is 23.8 Å². The van der Waals surface area contributed by atoms with E-state index in [0.717, 1.165) is 5.56 Å². The molecular weight excluding hydrogens is 220 g/mol. The molecule has 94 valence electrons. The molecule has 0 radical (unpaired) electrons. The van der Waals surface area contributed by atoms with Gasteiger partial charge in [-0.15, -0.1) is 0 Å². The smallest absolute Gasteiger partial charge is 0.261 e. The molecule has 0 fully saturated rings. The zero-order chi connectivity index (χ0) is 13.1. The van der Waals surface area contributed by atoms with E-state index in [2.05, 4.69) is 5.43 Å². The molecule has 0 aromatic heterocycles. The number of benzene rings is 1. The van der Waals surface area contributed by atoms with Crippen molar-refractivity contribution in [2.45, 2.75) is 13.3 Å². The number of amides is 1. The van der Waals surface area contributed by atoms with E-state index in [0.29, 0.717) is 17.6 Å². The second kappa shape index (κ2) is 5.05. The number of rotatable bonds is 4. The SMILES string of the molecule is CC(=O)N[N+](C)(C)CCc1ccc(O)c(O)c1. The molecule has 1 aromatic carbocycles. The van der Waals surface area contributed by atoms with Gasteiger partial charge in [-0.25, -0.2) is 10.0 Å². The minimum atomic E-state index is -0.121. The summed E-state index contributed by atoms with van der Waals surface area (Å²) in [7, 11) is 3.78. The van der Waals surface area contributed by atoms with E-state index in [4.69, 9.17) is 0 Å². The van der Waals surface area contributed by atoms with E-state index < -0.39 is 0 Å². The van der Waals surface area contributed by atoms with Crippen LogP contribution in [0.15, 0.2) is 18.2 Å². The van der Waals surface area contributed by atoms with Crippen LogP contribution in [-0.4, -0.2) is 41.4 Å². The summed E-state index contributed by atoms with van der Waals surface area (Å²) < 4.78 is 0.372. The van der Waals surface area contributed by atoms with Crippen molar-refractivity contribution in [1.82, 2.24) is 5.43 Å². The zero-order valence-electron chi connectivity index (χ0n) is 10.4. The van der Waals surface area contributed by atoms with Gasteiger partial charge in [0.2, 0.25) is 0 Å². The molecule has 0 aliphatic heterocycles. The van der Waals surface area contributed by atoms with Crippen LogP contribution >= 0.6 is 0 Å². The van der Waals surface area contributed by atoms with E-state index >= 15 is 0 Å². The van der Waals surface area contributed by atoms with Crippen LogP contribution < -0.4 is 5.43 Å². The van der Waals surface area contributed by atoms with Crippen LogP contribution in [0, 0.1) is 0 Å². The lowest BCUT2D eigenvalue weighted by Crippen LogP contribution is -2.54. The molecule has 17 heavy (non-hydrogen) atoms. The number of aromatic hydroxyl groups is 2. The summed E-state index contributed by atoms with van der Waals surface area (Å²) in [4.78, 5) is 11.0. The monoisotopic (exact) mass is 239 g/mol. The summed E-state index contributed by atoms with van der Waals surface area (Å²) in [6.45, 7) is 2.18. The van der Waals surface area contributed by atoms with Crippen LogP contribution in [0.5, 0.6) is 11.5 Å². The van der Waals surface area contributed by atoms with Gasteiger partial charge in [0, 0.05) is 13.3 Å². The van der Waals surface area contributed by atoms with Gasteiger partial charge in [-0.05, 0) is 17.7 Å². The van der Waals surface area contributed by atoms with Crippen molar-refractivity contribution in [3.63, 3.8) is 0 Å². The van der Waals surface area contributed by atoms with Crippen molar-refractivity contribution in [3.8, 4) is 11.5 Å². The minimum Gasteiger partial charge on any atom is -0.504 e. The summed E-state index contributed by atoms with van der Waals surface area (Å²) in [5.74, 6) is -0.319. The van der Waals surface area contributed by atoms with Crippen molar-refractivity contribution in [2.24, 2.45) is 0 Å². The molecule has 5 nitrogen and oxygen atoms in total. The normalized spacial score (nSPS) is 11.2. The van der Waals surface area contributed by atoms with Crippen molar-refractivity contribution < 1.29 is 19.6 Å². The lowest BCUT2D eigenvalue weighted by Gasteiger charge is -2.28. The molecule has 5 heteroatoms. The molecule has 0 bridgehead atoms. The third kappa shape index (κ3) is 4.32. The maximum Gasteiger partial charge on any atom is 0.261 e. The molecule has 1 aromatic rings. The third-order valence-corrected chi connectivity index (χ3v) is 2.46. The standard InChI is InChI=1S/C12H18N2O3/c1-9(15)13-14(2,3)7-6-10-4-5-11(16)12(17)8-10/h4-5,8H,6-7H2,1-3H3,(H2-,13,15,16,17)/p+1. The number of carbonyl (C=O) groups is 1. The Bertz CT molecular complexity index is 416. The summed E-state index contributed by atoms with van der Waals surface area (Å²) in [5, 5.41) is 18.5. The first-order chi connectivity index (χ1) is 7.80. The highest BCUT2D eigenvalue weighted by Gasteiger charge is 2.16. The number of nitrogens with one attached hydrogen (secondary N) is 1. The molecule has 0 aliphatic rings. The number of quaternary nitrogens is 1. The van der Waals surface area contributed by atoms with Crippen LogP contribution in [0.2, 0.25) is 0 Å². The number of hydrogen-bond acceptors (Lipinski definition) is 3. The van der Waals surface area contributed by atoms with Gasteiger partial charge >= 0.3 is 0 Å². The summed E-state index contributed by atoms with van der Waals surface area (Å²) in [6, 6.07) is 4.75. The van der Waals surface area contributed by atoms with Gasteiger partial charge in [0.05, 0.1) is 14.1 Å². The van der Waals surface area contributed by atoms with Gasteiger partial charge in [0.1, 0.15) is 6.54 Å². The van der Waals surface area contributed by atoms with Gasteiger partial charge in [0.25, 0.3) is 5.91 Å². The van der Waals surface area contributed by atoms with Gasteiger partial charge in [-0.3, -0.25) is 4.79 Å². The molecule has 0 atom stereocenters. The Balaban J connectivity index is 2.60. The largest absolute Gasteiger partial charge is 0.504 e. The van der Waals surface area contributed by atoms with E-state index in [1.54, 1.807) is 6.07 Å². The topological polar surface area (TPSA) is 69.6 Å². The lowest BCUT2D eigenvalue weighted by atomic mass is 10.1. The summed E-state index contributed by atoms with van der Waals surface area (Å²) >= 11 is 0. The van der Waals surface area contributed by atoms with Crippen LogP contribution in [0.1, 0.15) is 12.5 Å². The van der Waals surface area contributed by atoms with Crippen molar-refractivity contribution in [2.75, 3.05) is 20.6 Å². The average molecular weight is 239 g/mol. The highest BCUT2D eigenvalue weighted by atomic mass is 16.3. The summed E-state index contributed by atoms with van der Waals surface area (Å²) in [5.41, 5.74) is 3.72. The fourth-order valence-electron chi connectivity index (χ4n) is 1.62. The Morgan fingerprint density at radius 2 is 1.94 bits per heavy atom. The molecule has 0 saturated heterocycles. The fraction of sp³-hybridized carbons (Fsp3) is 0.417. The van der Waals surface area contributed by atoms with Gasteiger partial charge < -0.3 is 10.2 Å². The predicted molar refractivity (Wildman–Crippen MR) is 64.3 cm³/mol. The third-order valence-electron chi connectivity index (χ3n) is 2.46. The van der Waals surface area contributed by atoms with Crippen LogP contribution in [0.3, 0.4) is 0 Å². The number of phenolic OH excluding ortho intramolecular Hbond substituents is 2. The van der Waals surface area contributed by atoms with Gasteiger partial charge in [-0.1, -0.05) is 6.07 Å². The molecule has 0 heterocycles.